The molecule has 0 aliphatic carbocycles. The number of carbonyl (C=O) groups excluding carboxylic acids is 1. The third kappa shape index (κ3) is 4.26. The van der Waals surface area contributed by atoms with Gasteiger partial charge in [-0.05, 0) is 50.5 Å². The Hall–Kier alpha value is -3.35. The second-order valence-corrected chi connectivity index (χ2v) is 8.03. The first-order valence-electron chi connectivity index (χ1n) is 10.6. The normalized spacial score (nSPS) is 11.3. The van der Waals surface area contributed by atoms with E-state index in [0.29, 0.717) is 25.0 Å². The number of nitrogens with zero attached hydrogens (tertiary/aromatic N) is 3. The summed E-state index contributed by atoms with van der Waals surface area (Å²) in [5, 5.41) is 9.91. The largest absolute Gasteiger partial charge is 0.478 e. The van der Waals surface area contributed by atoms with Gasteiger partial charge in [-0.1, -0.05) is 43.7 Å². The van der Waals surface area contributed by atoms with Gasteiger partial charge in [-0.25, -0.2) is 9.59 Å². The molecule has 0 unspecified atom stereocenters. The van der Waals surface area contributed by atoms with Crippen LogP contribution in [0.25, 0.3) is 10.9 Å². The van der Waals surface area contributed by atoms with Crippen molar-refractivity contribution in [2.45, 2.75) is 59.7 Å². The molecule has 3 rings (SSSR count). The average molecular weight is 424 g/mol. The Kier molecular flexibility index (Phi) is 6.63. The monoisotopic (exact) mass is 423 g/mol. The lowest BCUT2D eigenvalue weighted by Crippen LogP contribution is -2.45. The molecule has 1 amide bonds. The number of hydrogen-bond donors (Lipinski definition) is 1. The van der Waals surface area contributed by atoms with Crippen LogP contribution < -0.4 is 5.56 Å². The molecule has 0 atom stereocenters. The number of rotatable bonds is 7. The Bertz CT molecular complexity index is 1170. The molecular formula is C24H29N3O4. The number of fused-ring (bicyclic) bond motifs is 1. The first-order valence-corrected chi connectivity index (χ1v) is 10.6. The van der Waals surface area contributed by atoms with E-state index in [1.807, 2.05) is 52.0 Å². The van der Waals surface area contributed by atoms with Crippen LogP contribution >= 0.6 is 0 Å². The molecule has 0 saturated carbocycles. The van der Waals surface area contributed by atoms with Crippen molar-refractivity contribution in [3.05, 3.63) is 69.5 Å². The first kappa shape index (κ1) is 22.3. The van der Waals surface area contributed by atoms with Crippen LogP contribution in [0.3, 0.4) is 0 Å². The molecule has 3 aromatic rings. The minimum atomic E-state index is -1.12. The van der Waals surface area contributed by atoms with Crippen molar-refractivity contribution in [3.8, 4) is 0 Å². The summed E-state index contributed by atoms with van der Waals surface area (Å²) in [6, 6.07) is 11.8. The van der Waals surface area contributed by atoms with E-state index < -0.39 is 17.6 Å². The lowest BCUT2D eigenvalue weighted by atomic mass is 10.1. The molecule has 0 bridgehead atoms. The summed E-state index contributed by atoms with van der Waals surface area (Å²) in [5.74, 6) is -1.12. The van der Waals surface area contributed by atoms with Gasteiger partial charge in [-0.3, -0.25) is 9.48 Å². The zero-order chi connectivity index (χ0) is 22.7. The molecule has 31 heavy (non-hydrogen) atoms. The van der Waals surface area contributed by atoms with Crippen molar-refractivity contribution in [3.63, 3.8) is 0 Å². The lowest BCUT2D eigenvalue weighted by Gasteiger charge is -2.28. The fourth-order valence-corrected chi connectivity index (χ4v) is 3.76. The van der Waals surface area contributed by atoms with Crippen LogP contribution in [0, 0.1) is 6.92 Å². The fourth-order valence-electron chi connectivity index (χ4n) is 3.76. The molecule has 7 nitrogen and oxygen atoms in total. The van der Waals surface area contributed by atoms with Gasteiger partial charge in [0.05, 0.1) is 16.5 Å². The fraction of sp³-hybridized carbons (Fsp3) is 0.375. The van der Waals surface area contributed by atoms with Crippen LogP contribution in [0.2, 0.25) is 0 Å². The Morgan fingerprint density at radius 3 is 2.42 bits per heavy atom. The van der Waals surface area contributed by atoms with Gasteiger partial charge in [-0.15, -0.1) is 0 Å². The topological polar surface area (TPSA) is 84.5 Å². The summed E-state index contributed by atoms with van der Waals surface area (Å²) < 4.78 is 2.66. The van der Waals surface area contributed by atoms with Gasteiger partial charge in [0.2, 0.25) is 0 Å². The van der Waals surface area contributed by atoms with Gasteiger partial charge in [0, 0.05) is 19.1 Å². The van der Waals surface area contributed by atoms with Crippen molar-refractivity contribution in [1.29, 1.82) is 0 Å². The number of aromatic carboxylic acids is 1. The van der Waals surface area contributed by atoms with Crippen molar-refractivity contribution < 1.29 is 14.7 Å². The third-order valence-electron chi connectivity index (χ3n) is 5.56. The molecule has 2 aromatic carbocycles. The van der Waals surface area contributed by atoms with E-state index in [1.165, 1.54) is 6.07 Å². The van der Waals surface area contributed by atoms with Crippen LogP contribution in [0.5, 0.6) is 0 Å². The maximum Gasteiger partial charge on any atom is 0.346 e. The number of hydrogen-bond acceptors (Lipinski definition) is 3. The first-order chi connectivity index (χ1) is 14.8. The van der Waals surface area contributed by atoms with E-state index in [1.54, 1.807) is 21.7 Å². The van der Waals surface area contributed by atoms with E-state index in [4.69, 9.17) is 0 Å². The van der Waals surface area contributed by atoms with E-state index in [-0.39, 0.29) is 17.0 Å². The predicted octanol–water partition coefficient (Wildman–Crippen LogP) is 4.49. The van der Waals surface area contributed by atoms with Crippen molar-refractivity contribution in [2.24, 2.45) is 0 Å². The summed E-state index contributed by atoms with van der Waals surface area (Å²) in [5.41, 5.74) is 1.89. The molecule has 0 aliphatic rings. The highest BCUT2D eigenvalue weighted by molar-refractivity contribution is 6.02. The van der Waals surface area contributed by atoms with E-state index in [9.17, 15) is 19.5 Å². The molecule has 164 valence electrons. The summed E-state index contributed by atoms with van der Waals surface area (Å²) in [6.45, 7) is 8.54. The molecule has 0 aliphatic heterocycles. The van der Waals surface area contributed by atoms with Crippen LogP contribution in [-0.4, -0.2) is 37.4 Å². The van der Waals surface area contributed by atoms with E-state index in [0.717, 1.165) is 22.2 Å². The van der Waals surface area contributed by atoms with Crippen LogP contribution in [0.15, 0.2) is 47.3 Å². The number of benzene rings is 2. The number of amides is 1. The van der Waals surface area contributed by atoms with Gasteiger partial charge in [-0.2, -0.15) is 4.68 Å². The SMILES string of the molecule is CCCCn1c2c(C(=O)O)cccc2c(=O)n1C(=O)N(Cc1ccccc1C)C(C)C. The maximum atomic E-state index is 13.7. The van der Waals surface area contributed by atoms with Gasteiger partial charge in [0.15, 0.2) is 0 Å². The molecule has 1 heterocycles. The zero-order valence-electron chi connectivity index (χ0n) is 18.5. The number of carbonyl (C=O) groups is 2. The number of aryl methyl sites for hydroxylation is 2. The minimum absolute atomic E-state index is 0.0206. The minimum Gasteiger partial charge on any atom is -0.478 e. The van der Waals surface area contributed by atoms with Gasteiger partial charge >= 0.3 is 12.0 Å². The predicted molar refractivity (Wildman–Crippen MR) is 121 cm³/mol. The molecular weight excluding hydrogens is 394 g/mol. The summed E-state index contributed by atoms with van der Waals surface area (Å²) >= 11 is 0. The molecule has 0 saturated heterocycles. The lowest BCUT2D eigenvalue weighted by molar-refractivity contribution is 0.0698. The van der Waals surface area contributed by atoms with Crippen LogP contribution in [0.4, 0.5) is 4.79 Å². The number of carboxylic acid groups (broad SMARTS) is 1. The second-order valence-electron chi connectivity index (χ2n) is 8.03. The summed E-state index contributed by atoms with van der Waals surface area (Å²) in [6.07, 6.45) is 1.55. The van der Waals surface area contributed by atoms with Crippen molar-refractivity contribution in [2.75, 3.05) is 0 Å². The van der Waals surface area contributed by atoms with E-state index in [2.05, 4.69) is 0 Å². The average Bonchev–Trinajstić information content (AvgIpc) is 3.02. The molecule has 1 aromatic heterocycles. The third-order valence-corrected chi connectivity index (χ3v) is 5.56. The Morgan fingerprint density at radius 1 is 1.10 bits per heavy atom. The Morgan fingerprint density at radius 2 is 1.81 bits per heavy atom. The molecule has 0 fully saturated rings. The number of carboxylic acids is 1. The smallest absolute Gasteiger partial charge is 0.346 e. The Balaban J connectivity index is 2.19. The van der Waals surface area contributed by atoms with Crippen LogP contribution in [0.1, 0.15) is 55.1 Å². The molecule has 1 N–H and O–H groups in total. The van der Waals surface area contributed by atoms with Crippen molar-refractivity contribution in [1.82, 2.24) is 14.3 Å². The van der Waals surface area contributed by atoms with Gasteiger partial charge in [0.1, 0.15) is 0 Å². The number of unbranched alkanes of at least 4 members (excludes halogenated alkanes) is 1. The quantitative estimate of drug-likeness (QED) is 0.607. The highest BCUT2D eigenvalue weighted by Gasteiger charge is 2.27. The highest BCUT2D eigenvalue weighted by Crippen LogP contribution is 2.20. The molecule has 0 radical (unpaired) electrons. The standard InChI is InChI=1S/C24H29N3O4/c1-5-6-14-26-21-19(12-9-13-20(21)23(29)30)22(28)27(26)24(31)25(16(2)3)15-18-11-8-7-10-17(18)4/h7-13,16H,5-6,14-15H2,1-4H3,(H,29,30). The molecule has 7 heteroatoms. The Labute approximate surface area is 181 Å². The summed E-state index contributed by atoms with van der Waals surface area (Å²) in [4.78, 5) is 40.4. The number of para-hydroxylation sites is 1. The zero-order valence-corrected chi connectivity index (χ0v) is 18.5. The van der Waals surface area contributed by atoms with E-state index >= 15 is 0 Å². The van der Waals surface area contributed by atoms with Crippen molar-refractivity contribution >= 4 is 22.9 Å². The maximum absolute atomic E-state index is 13.7. The van der Waals surface area contributed by atoms with Gasteiger partial charge in [0.25, 0.3) is 5.56 Å². The summed E-state index contributed by atoms with van der Waals surface area (Å²) in [7, 11) is 0. The number of aromatic nitrogens is 2. The van der Waals surface area contributed by atoms with Crippen LogP contribution in [-0.2, 0) is 13.1 Å². The highest BCUT2D eigenvalue weighted by atomic mass is 16.4. The second kappa shape index (κ2) is 9.20. The molecule has 0 spiro atoms. The van der Waals surface area contributed by atoms with Gasteiger partial charge < -0.3 is 10.0 Å².